The van der Waals surface area contributed by atoms with Crippen molar-refractivity contribution in [1.29, 1.82) is 0 Å². The fraction of sp³-hybridized carbons (Fsp3) is 0.300. The van der Waals surface area contributed by atoms with Gasteiger partial charge in [-0.2, -0.15) is 0 Å². The Morgan fingerprint density at radius 3 is 2.92 bits per heavy atom. The Kier molecular flexibility index (Phi) is 5.73. The summed E-state index contributed by atoms with van der Waals surface area (Å²) in [6, 6.07) is 7.36. The summed E-state index contributed by atoms with van der Waals surface area (Å²) < 4.78 is 26.5. The maximum Gasteiger partial charge on any atom is 0.223 e. The normalized spacial score (nSPS) is 20.3. The third-order valence-corrected chi connectivity index (χ3v) is 4.65. The lowest BCUT2D eigenvalue weighted by Gasteiger charge is -2.25. The van der Waals surface area contributed by atoms with E-state index in [0.717, 1.165) is 11.6 Å². The molecule has 136 valence electrons. The van der Waals surface area contributed by atoms with Crippen molar-refractivity contribution in [3.8, 4) is 0 Å². The molecule has 1 aromatic carbocycles. The lowest BCUT2D eigenvalue weighted by molar-refractivity contribution is -0.127. The number of rotatable bonds is 6. The average Bonchev–Trinajstić information content (AvgIpc) is 2.91. The summed E-state index contributed by atoms with van der Waals surface area (Å²) in [4.78, 5) is 18.0. The van der Waals surface area contributed by atoms with Crippen LogP contribution in [0.5, 0.6) is 0 Å². The number of pyridine rings is 1. The monoisotopic (exact) mass is 357 g/mol. The third kappa shape index (κ3) is 4.14. The van der Waals surface area contributed by atoms with Gasteiger partial charge in [-0.05, 0) is 23.8 Å². The smallest absolute Gasteiger partial charge is 0.223 e. The summed E-state index contributed by atoms with van der Waals surface area (Å²) in [5.74, 6) is -0.905. The predicted molar refractivity (Wildman–Crippen MR) is 96.1 cm³/mol. The number of aromatic nitrogens is 1. The molecule has 0 bridgehead atoms. The molecule has 2 atom stereocenters. The zero-order chi connectivity index (χ0) is 18.5. The van der Waals surface area contributed by atoms with Crippen molar-refractivity contribution in [3.63, 3.8) is 0 Å². The molecule has 26 heavy (non-hydrogen) atoms. The lowest BCUT2D eigenvalue weighted by Crippen LogP contribution is -2.29. The van der Waals surface area contributed by atoms with Crippen molar-refractivity contribution in [3.05, 3.63) is 71.6 Å². The molecule has 0 radical (unpaired) electrons. The van der Waals surface area contributed by atoms with Gasteiger partial charge in [0.25, 0.3) is 0 Å². The molecule has 1 fully saturated rings. The Hall–Kier alpha value is -2.60. The number of halogens is 2. The van der Waals surface area contributed by atoms with E-state index < -0.39 is 11.6 Å². The Labute approximate surface area is 151 Å². The number of carbonyl (C=O) groups is 1. The fourth-order valence-electron chi connectivity index (χ4n) is 3.36. The summed E-state index contributed by atoms with van der Waals surface area (Å²) in [5, 5.41) is 3.29. The van der Waals surface area contributed by atoms with Gasteiger partial charge in [-0.3, -0.25) is 9.78 Å². The molecular weight excluding hydrogens is 336 g/mol. The zero-order valence-electron chi connectivity index (χ0n) is 14.5. The van der Waals surface area contributed by atoms with Crippen LogP contribution in [-0.4, -0.2) is 35.9 Å². The number of amides is 1. The van der Waals surface area contributed by atoms with E-state index in [4.69, 9.17) is 0 Å². The number of likely N-dealkylation sites (tertiary alicyclic amines) is 1. The van der Waals surface area contributed by atoms with Gasteiger partial charge in [0.1, 0.15) is 11.6 Å². The molecule has 1 saturated heterocycles. The highest BCUT2D eigenvalue weighted by Gasteiger charge is 2.38. The number of hydrogen-bond donors (Lipinski definition) is 1. The van der Waals surface area contributed by atoms with Gasteiger partial charge in [0.15, 0.2) is 0 Å². The van der Waals surface area contributed by atoms with Crippen LogP contribution in [0.15, 0.2) is 48.8 Å². The van der Waals surface area contributed by atoms with E-state index >= 15 is 0 Å². The van der Waals surface area contributed by atoms with Gasteiger partial charge in [0.2, 0.25) is 5.91 Å². The Bertz CT molecular complexity index is 795. The average molecular weight is 357 g/mol. The van der Waals surface area contributed by atoms with Crippen LogP contribution in [-0.2, 0) is 4.79 Å². The molecule has 1 aromatic heterocycles. The molecule has 1 amide bonds. The van der Waals surface area contributed by atoms with E-state index in [-0.39, 0.29) is 17.9 Å². The largest absolute Gasteiger partial charge is 0.338 e. The highest BCUT2D eigenvalue weighted by Crippen LogP contribution is 2.36. The van der Waals surface area contributed by atoms with Crippen LogP contribution in [0.4, 0.5) is 8.78 Å². The third-order valence-electron chi connectivity index (χ3n) is 4.65. The highest BCUT2D eigenvalue weighted by molar-refractivity contribution is 5.79. The molecule has 0 unspecified atom stereocenters. The summed E-state index contributed by atoms with van der Waals surface area (Å²) >= 11 is 0. The van der Waals surface area contributed by atoms with Gasteiger partial charge < -0.3 is 10.2 Å². The van der Waals surface area contributed by atoms with E-state index in [0.29, 0.717) is 25.1 Å². The molecule has 4 nitrogen and oxygen atoms in total. The van der Waals surface area contributed by atoms with Crippen LogP contribution >= 0.6 is 0 Å². The molecule has 3 rings (SSSR count). The molecule has 2 heterocycles. The Balaban J connectivity index is 1.56. The van der Waals surface area contributed by atoms with Crippen molar-refractivity contribution in [2.45, 2.75) is 12.5 Å². The molecule has 1 aliphatic rings. The Morgan fingerprint density at radius 2 is 2.19 bits per heavy atom. The van der Waals surface area contributed by atoms with E-state index in [1.165, 1.54) is 12.1 Å². The summed E-state index contributed by atoms with van der Waals surface area (Å²) in [5.41, 5.74) is 1.37. The second kappa shape index (κ2) is 8.19. The number of nitrogens with zero attached hydrogens (tertiary/aromatic N) is 2. The standard InChI is InChI=1S/C20H21F2N3O/c1-25-19(26)10-16(20(25)15-5-3-9-23-12-15)13-24-8-2-4-14-6-7-17(21)11-18(14)22/h2-7,9,11-12,16,20,24H,8,10,13H2,1H3/b4-2+/t16-,20-/m0/s1. The van der Waals surface area contributed by atoms with Gasteiger partial charge in [-0.25, -0.2) is 8.78 Å². The molecule has 1 N–H and O–H groups in total. The van der Waals surface area contributed by atoms with Crippen molar-refractivity contribution >= 4 is 12.0 Å². The van der Waals surface area contributed by atoms with Gasteiger partial charge in [0.05, 0.1) is 6.04 Å². The van der Waals surface area contributed by atoms with Crippen molar-refractivity contribution in [2.24, 2.45) is 5.92 Å². The number of benzene rings is 1. The van der Waals surface area contributed by atoms with Crippen molar-refractivity contribution in [1.82, 2.24) is 15.2 Å². The molecular formula is C20H21F2N3O. The molecule has 1 aliphatic heterocycles. The van der Waals surface area contributed by atoms with Crippen LogP contribution in [0.3, 0.4) is 0 Å². The first-order valence-electron chi connectivity index (χ1n) is 8.54. The summed E-state index contributed by atoms with van der Waals surface area (Å²) in [6.07, 6.45) is 7.40. The van der Waals surface area contributed by atoms with E-state index in [9.17, 15) is 13.6 Å². The number of nitrogens with one attached hydrogen (secondary N) is 1. The summed E-state index contributed by atoms with van der Waals surface area (Å²) in [7, 11) is 1.82. The first-order valence-corrected chi connectivity index (χ1v) is 8.54. The van der Waals surface area contributed by atoms with Crippen LogP contribution in [0.2, 0.25) is 0 Å². The van der Waals surface area contributed by atoms with Gasteiger partial charge in [-0.15, -0.1) is 0 Å². The van der Waals surface area contributed by atoms with E-state index in [1.54, 1.807) is 29.4 Å². The minimum atomic E-state index is -0.589. The maximum atomic E-state index is 13.6. The molecule has 0 saturated carbocycles. The van der Waals surface area contributed by atoms with E-state index in [1.807, 2.05) is 19.2 Å². The quantitative estimate of drug-likeness (QED) is 0.808. The van der Waals surface area contributed by atoms with Crippen LogP contribution < -0.4 is 5.32 Å². The number of hydrogen-bond acceptors (Lipinski definition) is 3. The SMILES string of the molecule is CN1C(=O)C[C@@H](CNC/C=C/c2ccc(F)cc2F)[C@@H]1c1cccnc1. The molecule has 2 aromatic rings. The maximum absolute atomic E-state index is 13.6. The van der Waals surface area contributed by atoms with E-state index in [2.05, 4.69) is 10.3 Å². The first kappa shape index (κ1) is 18.2. The highest BCUT2D eigenvalue weighted by atomic mass is 19.1. The number of carbonyl (C=O) groups excluding carboxylic acids is 1. The molecule has 6 heteroatoms. The minimum absolute atomic E-state index is 0.00206. The van der Waals surface area contributed by atoms with Crippen molar-refractivity contribution in [2.75, 3.05) is 20.1 Å². The van der Waals surface area contributed by atoms with Gasteiger partial charge in [-0.1, -0.05) is 18.2 Å². The Morgan fingerprint density at radius 1 is 1.35 bits per heavy atom. The second-order valence-electron chi connectivity index (χ2n) is 6.43. The molecule has 0 spiro atoms. The van der Waals surface area contributed by atoms with Gasteiger partial charge in [0, 0.05) is 56.5 Å². The predicted octanol–water partition coefficient (Wildman–Crippen LogP) is 3.18. The van der Waals surface area contributed by atoms with Crippen molar-refractivity contribution < 1.29 is 13.6 Å². The molecule has 0 aliphatic carbocycles. The van der Waals surface area contributed by atoms with Crippen LogP contribution in [0, 0.1) is 17.6 Å². The van der Waals surface area contributed by atoms with Crippen LogP contribution in [0.25, 0.3) is 6.08 Å². The summed E-state index contributed by atoms with van der Waals surface area (Å²) in [6.45, 7) is 1.19. The second-order valence-corrected chi connectivity index (χ2v) is 6.43. The first-order chi connectivity index (χ1) is 12.6. The topological polar surface area (TPSA) is 45.2 Å². The minimum Gasteiger partial charge on any atom is -0.338 e. The lowest BCUT2D eigenvalue weighted by atomic mass is 9.95. The zero-order valence-corrected chi connectivity index (χ0v) is 14.5. The fourth-order valence-corrected chi connectivity index (χ4v) is 3.36. The van der Waals surface area contributed by atoms with Crippen LogP contribution in [0.1, 0.15) is 23.6 Å². The van der Waals surface area contributed by atoms with Gasteiger partial charge >= 0.3 is 0 Å².